The van der Waals surface area contributed by atoms with Gasteiger partial charge in [0.2, 0.25) is 5.95 Å². The van der Waals surface area contributed by atoms with Gasteiger partial charge in [-0.05, 0) is 51.3 Å². The number of hydrogen-bond acceptors (Lipinski definition) is 8. The summed E-state index contributed by atoms with van der Waals surface area (Å²) in [6.07, 6.45) is 6.00. The van der Waals surface area contributed by atoms with Gasteiger partial charge in [-0.2, -0.15) is 10.1 Å². The smallest absolute Gasteiger partial charge is 0.222 e. The lowest BCUT2D eigenvalue weighted by molar-refractivity contribution is 0.254. The second-order valence-corrected chi connectivity index (χ2v) is 8.31. The molecular formula is C22H29N7O2. The second-order valence-electron chi connectivity index (χ2n) is 8.31. The summed E-state index contributed by atoms with van der Waals surface area (Å²) in [6.45, 7) is 4.08. The van der Waals surface area contributed by atoms with Crippen LogP contribution >= 0.6 is 0 Å². The molecule has 2 aromatic heterocycles. The van der Waals surface area contributed by atoms with E-state index in [0.717, 1.165) is 24.0 Å². The van der Waals surface area contributed by atoms with E-state index in [1.807, 2.05) is 18.2 Å². The zero-order valence-electron chi connectivity index (χ0n) is 17.9. The van der Waals surface area contributed by atoms with Crippen LogP contribution in [-0.2, 0) is 0 Å². The van der Waals surface area contributed by atoms with E-state index < -0.39 is 0 Å². The van der Waals surface area contributed by atoms with E-state index in [4.69, 9.17) is 15.2 Å². The molecule has 5 rings (SSSR count). The summed E-state index contributed by atoms with van der Waals surface area (Å²) in [5.41, 5.74) is 7.83. The van der Waals surface area contributed by atoms with Gasteiger partial charge in [-0.3, -0.25) is 5.10 Å². The first-order valence-corrected chi connectivity index (χ1v) is 11.0. The van der Waals surface area contributed by atoms with Crippen LogP contribution in [0, 0.1) is 0 Å². The fourth-order valence-corrected chi connectivity index (χ4v) is 4.12. The molecule has 0 bridgehead atoms. The number of methoxy groups -OCH3 is 1. The van der Waals surface area contributed by atoms with Crippen LogP contribution in [0.15, 0.2) is 18.2 Å². The Balaban J connectivity index is 1.34. The predicted octanol–water partition coefficient (Wildman–Crippen LogP) is 3.43. The lowest BCUT2D eigenvalue weighted by Gasteiger charge is -2.16. The van der Waals surface area contributed by atoms with E-state index >= 15 is 0 Å². The number of nitrogens with one attached hydrogen (secondary N) is 2. The molecule has 2 aliphatic rings. The molecule has 1 aliphatic heterocycles. The van der Waals surface area contributed by atoms with E-state index in [2.05, 4.69) is 30.4 Å². The largest absolute Gasteiger partial charge is 0.493 e. The minimum Gasteiger partial charge on any atom is -0.493 e. The molecule has 0 radical (unpaired) electrons. The molecular weight excluding hydrogens is 394 g/mol. The number of hydrogen-bond donors (Lipinski definition) is 3. The summed E-state index contributed by atoms with van der Waals surface area (Å²) in [6, 6.07) is 5.78. The number of nitrogen functional groups attached to an aromatic ring is 1. The number of ether oxygens (including phenoxy) is 2. The first kappa shape index (κ1) is 19.9. The van der Waals surface area contributed by atoms with Gasteiger partial charge in [0.05, 0.1) is 19.2 Å². The zero-order valence-corrected chi connectivity index (χ0v) is 17.9. The number of rotatable bonds is 9. The number of fused-ring (bicyclic) bond motifs is 1. The predicted molar refractivity (Wildman–Crippen MR) is 120 cm³/mol. The van der Waals surface area contributed by atoms with Gasteiger partial charge in [-0.1, -0.05) is 0 Å². The van der Waals surface area contributed by atoms with Crippen LogP contribution in [0.25, 0.3) is 10.9 Å². The summed E-state index contributed by atoms with van der Waals surface area (Å²) >= 11 is 0. The fraction of sp³-hybridized carbons (Fsp3) is 0.500. The van der Waals surface area contributed by atoms with Crippen molar-refractivity contribution >= 4 is 28.5 Å². The van der Waals surface area contributed by atoms with Crippen LogP contribution in [0.5, 0.6) is 11.5 Å². The Kier molecular flexibility index (Phi) is 5.50. The van der Waals surface area contributed by atoms with Crippen LogP contribution in [0.4, 0.5) is 17.6 Å². The van der Waals surface area contributed by atoms with Gasteiger partial charge in [-0.15, -0.1) is 0 Å². The Labute approximate surface area is 181 Å². The van der Waals surface area contributed by atoms with Crippen molar-refractivity contribution in [2.45, 2.75) is 38.0 Å². The van der Waals surface area contributed by atoms with Gasteiger partial charge in [0.25, 0.3) is 0 Å². The van der Waals surface area contributed by atoms with Gasteiger partial charge in [0.1, 0.15) is 5.82 Å². The molecule has 1 aliphatic carbocycles. The van der Waals surface area contributed by atoms with Crippen molar-refractivity contribution in [3.8, 4) is 11.5 Å². The molecule has 1 aromatic carbocycles. The van der Waals surface area contributed by atoms with Crippen molar-refractivity contribution in [3.05, 3.63) is 23.9 Å². The maximum atomic E-state index is 6.04. The Morgan fingerprint density at radius 1 is 1.16 bits per heavy atom. The highest BCUT2D eigenvalue weighted by Crippen LogP contribution is 2.40. The Morgan fingerprint density at radius 2 is 2.00 bits per heavy atom. The molecule has 3 heterocycles. The fourth-order valence-electron chi connectivity index (χ4n) is 4.12. The van der Waals surface area contributed by atoms with Crippen molar-refractivity contribution in [3.63, 3.8) is 0 Å². The molecule has 0 spiro atoms. The molecule has 31 heavy (non-hydrogen) atoms. The Bertz CT molecular complexity index is 1060. The molecule has 0 amide bonds. The van der Waals surface area contributed by atoms with Crippen molar-refractivity contribution in [1.82, 2.24) is 25.1 Å². The second kappa shape index (κ2) is 8.58. The highest BCUT2D eigenvalue weighted by molar-refractivity contribution is 5.93. The summed E-state index contributed by atoms with van der Waals surface area (Å²) < 4.78 is 11.6. The quantitative estimate of drug-likeness (QED) is 0.449. The number of benzene rings is 1. The summed E-state index contributed by atoms with van der Waals surface area (Å²) in [5.74, 6) is 3.40. The summed E-state index contributed by atoms with van der Waals surface area (Å²) in [7, 11) is 1.64. The van der Waals surface area contributed by atoms with Gasteiger partial charge >= 0.3 is 0 Å². The minimum absolute atomic E-state index is 0.193. The number of nitrogens with two attached hydrogens (primary N) is 1. The van der Waals surface area contributed by atoms with Crippen LogP contribution < -0.4 is 20.5 Å². The van der Waals surface area contributed by atoms with Crippen molar-refractivity contribution in [1.29, 1.82) is 0 Å². The van der Waals surface area contributed by atoms with Crippen molar-refractivity contribution < 1.29 is 9.47 Å². The topological polar surface area (TPSA) is 114 Å². The molecule has 1 saturated carbocycles. The average Bonchev–Trinajstić information content (AvgIpc) is 3.28. The number of H-pyrrole nitrogens is 1. The molecule has 3 aromatic rings. The van der Waals surface area contributed by atoms with E-state index in [9.17, 15) is 0 Å². The molecule has 4 N–H and O–H groups in total. The standard InChI is InChI=1S/C22H29N7O2/c1-30-18-11-15-17(12-19(18)31-10-4-9-29-7-2-3-8-29)24-22(23)26-21(15)25-20-13-16(27-28-20)14-5-6-14/h11-14H,2-10H2,1H3,(H4,23,24,25,26,27,28). The number of aromatic nitrogens is 4. The normalized spacial score (nSPS) is 16.7. The number of aromatic amines is 1. The number of anilines is 3. The third kappa shape index (κ3) is 4.51. The maximum absolute atomic E-state index is 6.04. The SMILES string of the molecule is COc1cc2c(Nc3cc(C4CC4)[nH]n3)nc(N)nc2cc1OCCCN1CCCC1. The lowest BCUT2D eigenvalue weighted by Crippen LogP contribution is -2.21. The third-order valence-electron chi connectivity index (χ3n) is 5.93. The average molecular weight is 424 g/mol. The van der Waals surface area contributed by atoms with Gasteiger partial charge in [0, 0.05) is 35.7 Å². The van der Waals surface area contributed by atoms with Gasteiger partial charge in [0.15, 0.2) is 17.3 Å². The van der Waals surface area contributed by atoms with Crippen LogP contribution in [0.1, 0.15) is 43.7 Å². The number of nitrogens with zero attached hydrogens (tertiary/aromatic N) is 4. The first-order valence-electron chi connectivity index (χ1n) is 11.0. The molecule has 0 unspecified atom stereocenters. The van der Waals surface area contributed by atoms with E-state index in [1.165, 1.54) is 38.8 Å². The van der Waals surface area contributed by atoms with E-state index in [0.29, 0.717) is 41.2 Å². The number of likely N-dealkylation sites (tertiary alicyclic amines) is 1. The van der Waals surface area contributed by atoms with Crippen molar-refractivity contribution in [2.24, 2.45) is 0 Å². The molecule has 2 fully saturated rings. The first-order chi connectivity index (χ1) is 15.2. The molecule has 164 valence electrons. The molecule has 9 heteroatoms. The Hall–Kier alpha value is -3.07. The van der Waals surface area contributed by atoms with Gasteiger partial charge < -0.3 is 25.4 Å². The summed E-state index contributed by atoms with van der Waals surface area (Å²) in [5, 5.41) is 11.5. The lowest BCUT2D eigenvalue weighted by atomic mass is 10.2. The summed E-state index contributed by atoms with van der Waals surface area (Å²) in [4.78, 5) is 11.3. The van der Waals surface area contributed by atoms with Crippen molar-refractivity contribution in [2.75, 3.05) is 44.4 Å². The molecule has 9 nitrogen and oxygen atoms in total. The molecule has 0 atom stereocenters. The zero-order chi connectivity index (χ0) is 21.2. The third-order valence-corrected chi connectivity index (χ3v) is 5.93. The maximum Gasteiger partial charge on any atom is 0.222 e. The van der Waals surface area contributed by atoms with E-state index in [1.54, 1.807) is 7.11 Å². The minimum atomic E-state index is 0.193. The molecule has 1 saturated heterocycles. The highest BCUT2D eigenvalue weighted by Gasteiger charge is 2.25. The monoisotopic (exact) mass is 423 g/mol. The highest BCUT2D eigenvalue weighted by atomic mass is 16.5. The van der Waals surface area contributed by atoms with Crippen LogP contribution in [0.3, 0.4) is 0 Å². The van der Waals surface area contributed by atoms with Crippen LogP contribution in [-0.4, -0.2) is 58.4 Å². The van der Waals surface area contributed by atoms with Crippen LogP contribution in [0.2, 0.25) is 0 Å². The van der Waals surface area contributed by atoms with Gasteiger partial charge in [-0.25, -0.2) is 4.98 Å². The Morgan fingerprint density at radius 3 is 2.77 bits per heavy atom. The van der Waals surface area contributed by atoms with E-state index in [-0.39, 0.29) is 5.95 Å².